The van der Waals surface area contributed by atoms with E-state index >= 15 is 0 Å². The molecule has 27 heavy (non-hydrogen) atoms. The van der Waals surface area contributed by atoms with Gasteiger partial charge in [-0.15, -0.1) is 0 Å². The first-order valence-corrected chi connectivity index (χ1v) is 8.07. The van der Waals surface area contributed by atoms with Gasteiger partial charge < -0.3 is 5.32 Å². The topological polar surface area (TPSA) is 72.7 Å². The number of amides is 1. The van der Waals surface area contributed by atoms with Gasteiger partial charge in [0.1, 0.15) is 6.54 Å². The van der Waals surface area contributed by atoms with Crippen LogP contribution in [0.3, 0.4) is 0 Å². The quantitative estimate of drug-likeness (QED) is 0.744. The van der Waals surface area contributed by atoms with Gasteiger partial charge in [0, 0.05) is 31.4 Å². The Morgan fingerprint density at radius 2 is 1.93 bits per heavy atom. The summed E-state index contributed by atoms with van der Waals surface area (Å²) in [5.74, 6) is 0.508. The number of likely N-dealkylation sites (N-methyl/N-ethyl adjacent to an activating group) is 1. The lowest BCUT2D eigenvalue weighted by Gasteiger charge is -2.07. The molecule has 0 aliphatic heterocycles. The number of aromatic nitrogens is 4. The number of nitrogens with zero attached hydrogens (tertiary/aromatic N) is 4. The van der Waals surface area contributed by atoms with Crippen molar-refractivity contribution in [2.45, 2.75) is 19.1 Å². The Bertz CT molecular complexity index is 938. The molecule has 140 valence electrons. The molecule has 0 bridgehead atoms. The van der Waals surface area contributed by atoms with Crippen LogP contribution in [0.2, 0.25) is 0 Å². The highest BCUT2D eigenvalue weighted by Gasteiger charge is 2.30. The number of hydrogen-bond donors (Lipinski definition) is 1. The molecule has 1 amide bonds. The zero-order valence-corrected chi connectivity index (χ0v) is 14.4. The Kier molecular flexibility index (Phi) is 5.20. The minimum absolute atomic E-state index is 0.0518. The van der Waals surface area contributed by atoms with Crippen LogP contribution in [0, 0.1) is 0 Å². The van der Waals surface area contributed by atoms with E-state index in [1.54, 1.807) is 30.6 Å². The second-order valence-corrected chi connectivity index (χ2v) is 5.79. The number of hydrogen-bond acceptors (Lipinski definition) is 4. The fraction of sp³-hybridized carbons (Fsp3) is 0.222. The van der Waals surface area contributed by atoms with E-state index in [0.717, 1.165) is 12.1 Å². The fourth-order valence-corrected chi connectivity index (χ4v) is 2.54. The maximum absolute atomic E-state index is 12.9. The molecule has 0 saturated heterocycles. The highest BCUT2D eigenvalue weighted by atomic mass is 19.4. The third-order valence-electron chi connectivity index (χ3n) is 3.84. The van der Waals surface area contributed by atoms with Gasteiger partial charge in [0.05, 0.1) is 5.56 Å². The largest absolute Gasteiger partial charge is 0.416 e. The Hall–Kier alpha value is -3.23. The number of pyridine rings is 1. The normalized spacial score (nSPS) is 11.4. The molecule has 1 aromatic carbocycles. The molecule has 0 fully saturated rings. The van der Waals surface area contributed by atoms with Crippen molar-refractivity contribution in [3.8, 4) is 11.4 Å². The first-order chi connectivity index (χ1) is 12.9. The van der Waals surface area contributed by atoms with Crippen LogP contribution in [0.4, 0.5) is 13.2 Å². The molecule has 0 aliphatic rings. The second kappa shape index (κ2) is 7.56. The van der Waals surface area contributed by atoms with Crippen molar-refractivity contribution in [1.82, 2.24) is 25.1 Å². The Balaban J connectivity index is 1.94. The van der Waals surface area contributed by atoms with Crippen molar-refractivity contribution in [2.24, 2.45) is 0 Å². The number of rotatable bonds is 5. The summed E-state index contributed by atoms with van der Waals surface area (Å²) in [5.41, 5.74) is 0.416. The van der Waals surface area contributed by atoms with E-state index in [9.17, 15) is 18.0 Å². The van der Waals surface area contributed by atoms with Crippen LogP contribution in [0.5, 0.6) is 0 Å². The maximum Gasteiger partial charge on any atom is 0.416 e. The van der Waals surface area contributed by atoms with Crippen molar-refractivity contribution in [2.75, 3.05) is 7.05 Å². The number of benzene rings is 1. The van der Waals surface area contributed by atoms with E-state index in [1.807, 2.05) is 0 Å². The standard InChI is InChI=1S/C18H16F3N5O/c1-22-16(27)11-26-17(13-5-7-23-8-6-13)24-15(25-26)10-12-3-2-4-14(9-12)18(19,20)21/h2-9H,10-11H2,1H3,(H,22,27). The van der Waals surface area contributed by atoms with Crippen LogP contribution in [0.25, 0.3) is 11.4 Å². The average molecular weight is 375 g/mol. The minimum Gasteiger partial charge on any atom is -0.358 e. The van der Waals surface area contributed by atoms with Crippen molar-refractivity contribution in [3.05, 3.63) is 65.7 Å². The van der Waals surface area contributed by atoms with Crippen LogP contribution in [-0.4, -0.2) is 32.7 Å². The van der Waals surface area contributed by atoms with Crippen LogP contribution >= 0.6 is 0 Å². The predicted octanol–water partition coefficient (Wildman–Crippen LogP) is 2.70. The predicted molar refractivity (Wildman–Crippen MR) is 91.6 cm³/mol. The van der Waals surface area contributed by atoms with Gasteiger partial charge in [0.25, 0.3) is 0 Å². The smallest absolute Gasteiger partial charge is 0.358 e. The molecule has 2 heterocycles. The molecule has 0 spiro atoms. The van der Waals surface area contributed by atoms with E-state index in [4.69, 9.17) is 0 Å². The van der Waals surface area contributed by atoms with Gasteiger partial charge in [0.15, 0.2) is 11.6 Å². The fourth-order valence-electron chi connectivity index (χ4n) is 2.54. The van der Waals surface area contributed by atoms with Crippen LogP contribution < -0.4 is 5.32 Å². The molecular formula is C18H16F3N5O. The van der Waals surface area contributed by atoms with Crippen molar-refractivity contribution in [1.29, 1.82) is 0 Å². The number of halogens is 3. The average Bonchev–Trinajstić information content (AvgIpc) is 3.04. The molecule has 3 aromatic rings. The van der Waals surface area contributed by atoms with Gasteiger partial charge in [-0.2, -0.15) is 18.3 Å². The molecule has 0 saturated carbocycles. The lowest BCUT2D eigenvalue weighted by molar-refractivity contribution is -0.137. The third-order valence-corrected chi connectivity index (χ3v) is 3.84. The zero-order valence-electron chi connectivity index (χ0n) is 14.4. The highest BCUT2D eigenvalue weighted by Crippen LogP contribution is 2.30. The number of alkyl halides is 3. The van der Waals surface area contributed by atoms with E-state index in [-0.39, 0.29) is 18.9 Å². The molecular weight excluding hydrogens is 359 g/mol. The molecule has 3 rings (SSSR count). The van der Waals surface area contributed by atoms with Crippen molar-refractivity contribution in [3.63, 3.8) is 0 Å². The van der Waals surface area contributed by atoms with Gasteiger partial charge >= 0.3 is 6.18 Å². The second-order valence-electron chi connectivity index (χ2n) is 5.79. The third kappa shape index (κ3) is 4.49. The van der Waals surface area contributed by atoms with E-state index in [2.05, 4.69) is 20.4 Å². The number of carbonyl (C=O) groups excluding carboxylic acids is 1. The monoisotopic (exact) mass is 375 g/mol. The highest BCUT2D eigenvalue weighted by molar-refractivity contribution is 5.75. The summed E-state index contributed by atoms with van der Waals surface area (Å²) < 4.78 is 40.1. The first kappa shape index (κ1) is 18.6. The summed E-state index contributed by atoms with van der Waals surface area (Å²) in [6.45, 7) is -0.0518. The minimum atomic E-state index is -4.41. The van der Waals surface area contributed by atoms with Crippen molar-refractivity contribution >= 4 is 5.91 Å². The summed E-state index contributed by atoms with van der Waals surface area (Å²) in [6.07, 6.45) is -1.13. The lowest BCUT2D eigenvalue weighted by atomic mass is 10.1. The molecule has 1 N–H and O–H groups in total. The number of nitrogens with one attached hydrogen (secondary N) is 1. The maximum atomic E-state index is 12.9. The summed E-state index contributed by atoms with van der Waals surface area (Å²) in [7, 11) is 1.51. The zero-order chi connectivity index (χ0) is 19.4. The summed E-state index contributed by atoms with van der Waals surface area (Å²) in [5, 5.41) is 6.81. The summed E-state index contributed by atoms with van der Waals surface area (Å²) in [6, 6.07) is 8.47. The van der Waals surface area contributed by atoms with E-state index in [1.165, 1.54) is 17.8 Å². The molecule has 0 aliphatic carbocycles. The van der Waals surface area contributed by atoms with Gasteiger partial charge in [-0.3, -0.25) is 9.78 Å². The van der Waals surface area contributed by atoms with Gasteiger partial charge in [-0.05, 0) is 23.8 Å². The van der Waals surface area contributed by atoms with Crippen LogP contribution in [0.1, 0.15) is 17.0 Å². The first-order valence-electron chi connectivity index (χ1n) is 8.07. The van der Waals surface area contributed by atoms with Gasteiger partial charge in [-0.25, -0.2) is 9.67 Å². The van der Waals surface area contributed by atoms with Gasteiger partial charge in [0.2, 0.25) is 5.91 Å². The molecule has 9 heteroatoms. The summed E-state index contributed by atoms with van der Waals surface area (Å²) >= 11 is 0. The molecule has 0 atom stereocenters. The number of carbonyl (C=O) groups is 1. The van der Waals surface area contributed by atoms with Crippen LogP contribution in [0.15, 0.2) is 48.8 Å². The van der Waals surface area contributed by atoms with Crippen molar-refractivity contribution < 1.29 is 18.0 Å². The molecule has 2 aromatic heterocycles. The Labute approximate surface area is 153 Å². The van der Waals surface area contributed by atoms with E-state index in [0.29, 0.717) is 22.8 Å². The van der Waals surface area contributed by atoms with Gasteiger partial charge in [-0.1, -0.05) is 18.2 Å². The van der Waals surface area contributed by atoms with Crippen LogP contribution in [-0.2, 0) is 23.9 Å². The SMILES string of the molecule is CNC(=O)Cn1nc(Cc2cccc(C(F)(F)F)c2)nc1-c1ccncc1. The molecule has 6 nitrogen and oxygen atoms in total. The summed E-state index contributed by atoms with van der Waals surface area (Å²) in [4.78, 5) is 20.1. The van der Waals surface area contributed by atoms with E-state index < -0.39 is 11.7 Å². The lowest BCUT2D eigenvalue weighted by Crippen LogP contribution is -2.24. The Morgan fingerprint density at radius 1 is 1.19 bits per heavy atom. The Morgan fingerprint density at radius 3 is 2.59 bits per heavy atom. The molecule has 0 radical (unpaired) electrons. The molecule has 0 unspecified atom stereocenters.